The van der Waals surface area contributed by atoms with Crippen LogP contribution >= 0.6 is 0 Å². The van der Waals surface area contributed by atoms with Gasteiger partial charge in [-0.15, -0.1) is 0 Å². The van der Waals surface area contributed by atoms with Crippen LogP contribution in [0.3, 0.4) is 0 Å². The molecule has 2 aliphatic rings. The Hall–Kier alpha value is -3.18. The van der Waals surface area contributed by atoms with Crippen molar-refractivity contribution in [2.45, 2.75) is 116 Å². The Morgan fingerprint density at radius 3 is 1.83 bits per heavy atom. The maximum absolute atomic E-state index is 13.6. The van der Waals surface area contributed by atoms with Crippen molar-refractivity contribution in [3.63, 3.8) is 0 Å². The molecule has 2 saturated carbocycles. The number of carbonyl (C=O) groups is 6. The highest BCUT2D eigenvalue weighted by molar-refractivity contribution is 5.96. The number of hydrogen-bond acceptors (Lipinski definition) is 6. The molecule has 0 unspecified atom stereocenters. The molecule has 0 spiro atoms. The van der Waals surface area contributed by atoms with E-state index in [0.29, 0.717) is 45.1 Å². The van der Waals surface area contributed by atoms with E-state index in [1.807, 2.05) is 13.8 Å². The van der Waals surface area contributed by atoms with Gasteiger partial charge in [-0.2, -0.15) is 0 Å². The largest absolute Gasteiger partial charge is 0.481 e. The predicted molar refractivity (Wildman–Crippen MR) is 150 cm³/mol. The van der Waals surface area contributed by atoms with Gasteiger partial charge < -0.3 is 31.5 Å². The van der Waals surface area contributed by atoms with Crippen LogP contribution in [0.4, 0.5) is 0 Å². The van der Waals surface area contributed by atoms with E-state index in [0.717, 1.165) is 32.1 Å². The van der Waals surface area contributed by atoms with Crippen molar-refractivity contribution in [1.29, 1.82) is 0 Å². The first-order chi connectivity index (χ1) is 19.4. The monoisotopic (exact) mass is 580 g/mol. The molecule has 12 heteroatoms. The van der Waals surface area contributed by atoms with Gasteiger partial charge in [0.25, 0.3) is 0 Å². The van der Waals surface area contributed by atoms with Crippen LogP contribution in [0.15, 0.2) is 0 Å². The van der Waals surface area contributed by atoms with E-state index in [2.05, 4.69) is 21.3 Å². The van der Waals surface area contributed by atoms with Gasteiger partial charge in [0.1, 0.15) is 18.1 Å². The Balaban J connectivity index is 2.23. The molecule has 2 rings (SSSR count). The second-order valence-corrected chi connectivity index (χ2v) is 11.9. The third kappa shape index (κ3) is 11.3. The van der Waals surface area contributed by atoms with Crippen LogP contribution in [0.25, 0.3) is 0 Å². The summed E-state index contributed by atoms with van der Waals surface area (Å²) in [6.45, 7) is 5.86. The lowest BCUT2D eigenvalue weighted by molar-refractivity contribution is -0.149. The number of rotatable bonds is 15. The van der Waals surface area contributed by atoms with Crippen molar-refractivity contribution in [3.05, 3.63) is 0 Å². The Morgan fingerprint density at radius 1 is 0.707 bits per heavy atom. The topological polar surface area (TPSA) is 191 Å². The summed E-state index contributed by atoms with van der Waals surface area (Å²) in [7, 11) is 0. The molecule has 232 valence electrons. The fourth-order valence-electron chi connectivity index (χ4n) is 5.94. The average molecular weight is 581 g/mol. The summed E-state index contributed by atoms with van der Waals surface area (Å²) in [6.07, 6.45) is 6.97. The zero-order valence-corrected chi connectivity index (χ0v) is 24.6. The Bertz CT molecular complexity index is 934. The van der Waals surface area contributed by atoms with Crippen LogP contribution in [0.2, 0.25) is 0 Å². The molecular formula is C29H48N4O8. The minimum absolute atomic E-state index is 0.0555. The first-order valence-corrected chi connectivity index (χ1v) is 15.1. The highest BCUT2D eigenvalue weighted by atomic mass is 16.4. The Kier molecular flexibility index (Phi) is 14.1. The fourth-order valence-corrected chi connectivity index (χ4v) is 5.94. The quantitative estimate of drug-likeness (QED) is 0.169. The fraction of sp³-hybridized carbons (Fsp3) is 0.793. The predicted octanol–water partition coefficient (Wildman–Crippen LogP) is 1.96. The first-order valence-electron chi connectivity index (χ1n) is 15.1. The van der Waals surface area contributed by atoms with Gasteiger partial charge in [0.2, 0.25) is 23.6 Å². The number of amides is 4. The van der Waals surface area contributed by atoms with Crippen molar-refractivity contribution in [2.75, 3.05) is 6.54 Å². The summed E-state index contributed by atoms with van der Waals surface area (Å²) in [5.74, 6) is -6.18. The average Bonchev–Trinajstić information content (AvgIpc) is 2.92. The molecule has 4 amide bonds. The molecule has 0 aromatic rings. The van der Waals surface area contributed by atoms with E-state index >= 15 is 0 Å². The lowest BCUT2D eigenvalue weighted by Gasteiger charge is -2.31. The molecule has 41 heavy (non-hydrogen) atoms. The second kappa shape index (κ2) is 16.9. The third-order valence-corrected chi connectivity index (χ3v) is 8.05. The molecule has 6 N–H and O–H groups in total. The summed E-state index contributed by atoms with van der Waals surface area (Å²) < 4.78 is 0. The number of carboxylic acid groups (broad SMARTS) is 2. The van der Waals surface area contributed by atoms with Gasteiger partial charge in [0.05, 0.1) is 18.3 Å². The lowest BCUT2D eigenvalue weighted by atomic mass is 9.78. The smallest absolute Gasteiger partial charge is 0.307 e. The molecule has 12 nitrogen and oxygen atoms in total. The van der Waals surface area contributed by atoms with Crippen LogP contribution in [0.1, 0.15) is 97.8 Å². The number of aliphatic carboxylic acids is 2. The third-order valence-electron chi connectivity index (χ3n) is 8.05. The molecule has 5 atom stereocenters. The van der Waals surface area contributed by atoms with E-state index in [1.165, 1.54) is 0 Å². The van der Waals surface area contributed by atoms with Gasteiger partial charge >= 0.3 is 11.9 Å². The molecular weight excluding hydrogens is 532 g/mol. The van der Waals surface area contributed by atoms with Gasteiger partial charge in [-0.1, -0.05) is 58.8 Å². The SMILES string of the molecule is CCNC(=O)[C@H](CC(C)C)NC(=O)[C@H](CC(=O)O)NC(=O)[C@H](CC1CCCCC1)NC(=O)[C@@H]1CCCC[C@H]1C(=O)O. The van der Waals surface area contributed by atoms with Gasteiger partial charge in [0, 0.05) is 6.54 Å². The minimum Gasteiger partial charge on any atom is -0.481 e. The Labute approximate surface area is 242 Å². The van der Waals surface area contributed by atoms with Crippen molar-refractivity contribution >= 4 is 35.6 Å². The summed E-state index contributed by atoms with van der Waals surface area (Å²) in [6, 6.07) is -3.44. The normalized spacial score (nSPS) is 21.7. The molecule has 0 bridgehead atoms. The Morgan fingerprint density at radius 2 is 1.27 bits per heavy atom. The standard InChI is InChI=1S/C29H48N4O8/c1-4-30-26(37)21(14-17(2)3)32-28(39)23(16-24(34)35)33-27(38)22(15-18-10-6-5-7-11-18)31-25(36)19-12-8-9-13-20(19)29(40)41/h17-23H,4-16H2,1-3H3,(H,30,37)(H,31,36)(H,32,39)(H,33,38)(H,34,35)(H,40,41)/t19-,20-,21+,22+,23+/m1/s1. The van der Waals surface area contributed by atoms with Crippen molar-refractivity contribution in [1.82, 2.24) is 21.3 Å². The van der Waals surface area contributed by atoms with Gasteiger partial charge in [-0.05, 0) is 44.4 Å². The maximum Gasteiger partial charge on any atom is 0.307 e. The number of likely N-dealkylation sites (N-methyl/N-ethyl adjacent to an activating group) is 1. The molecule has 0 aromatic heterocycles. The number of carboxylic acids is 2. The van der Waals surface area contributed by atoms with Crippen molar-refractivity contribution in [3.8, 4) is 0 Å². The zero-order chi connectivity index (χ0) is 30.5. The van der Waals surface area contributed by atoms with Crippen molar-refractivity contribution < 1.29 is 39.0 Å². The van der Waals surface area contributed by atoms with E-state index in [-0.39, 0.29) is 11.8 Å². The molecule has 2 fully saturated rings. The van der Waals surface area contributed by atoms with Crippen LogP contribution in [-0.2, 0) is 28.8 Å². The van der Waals surface area contributed by atoms with Crippen molar-refractivity contribution in [2.24, 2.45) is 23.7 Å². The molecule has 0 aliphatic heterocycles. The molecule has 0 saturated heterocycles. The molecule has 0 heterocycles. The minimum atomic E-state index is -1.48. The molecule has 2 aliphatic carbocycles. The van der Waals surface area contributed by atoms with Crippen LogP contribution in [0, 0.1) is 23.7 Å². The highest BCUT2D eigenvalue weighted by Crippen LogP contribution is 2.31. The summed E-state index contributed by atoms with van der Waals surface area (Å²) >= 11 is 0. The number of carbonyl (C=O) groups excluding carboxylic acids is 4. The molecule has 0 aromatic carbocycles. The summed E-state index contributed by atoms with van der Waals surface area (Å²) in [4.78, 5) is 76.0. The van der Waals surface area contributed by atoms with E-state index in [1.54, 1.807) is 6.92 Å². The number of nitrogens with one attached hydrogen (secondary N) is 4. The highest BCUT2D eigenvalue weighted by Gasteiger charge is 2.38. The van der Waals surface area contributed by atoms with E-state index in [4.69, 9.17) is 0 Å². The van der Waals surface area contributed by atoms with Crippen LogP contribution in [0.5, 0.6) is 0 Å². The zero-order valence-electron chi connectivity index (χ0n) is 24.6. The number of hydrogen-bond donors (Lipinski definition) is 6. The lowest BCUT2D eigenvalue weighted by Crippen LogP contribution is -2.58. The first kappa shape index (κ1) is 34.0. The van der Waals surface area contributed by atoms with Gasteiger partial charge in [0.15, 0.2) is 0 Å². The van der Waals surface area contributed by atoms with Gasteiger partial charge in [-0.3, -0.25) is 28.8 Å². The molecule has 0 radical (unpaired) electrons. The van der Waals surface area contributed by atoms with E-state index in [9.17, 15) is 39.0 Å². The second-order valence-electron chi connectivity index (χ2n) is 11.9. The van der Waals surface area contributed by atoms with E-state index < -0.39 is 71.9 Å². The summed E-state index contributed by atoms with van der Waals surface area (Å²) in [5, 5.41) is 29.6. The summed E-state index contributed by atoms with van der Waals surface area (Å²) in [5.41, 5.74) is 0. The van der Waals surface area contributed by atoms with Gasteiger partial charge in [-0.25, -0.2) is 0 Å². The van der Waals surface area contributed by atoms with Crippen LogP contribution in [-0.4, -0.2) is 70.5 Å². The maximum atomic E-state index is 13.6. The van der Waals surface area contributed by atoms with Crippen LogP contribution < -0.4 is 21.3 Å².